The summed E-state index contributed by atoms with van der Waals surface area (Å²) < 4.78 is 3.63. The minimum absolute atomic E-state index is 0.370. The van der Waals surface area contributed by atoms with Gasteiger partial charge in [-0.3, -0.25) is 9.78 Å². The molecular weight excluding hydrogens is 388 g/mol. The third-order valence-electron chi connectivity index (χ3n) is 5.17. The van der Waals surface area contributed by atoms with Gasteiger partial charge in [-0.1, -0.05) is 0 Å². The largest absolute Gasteiger partial charge is 0.363 e. The molecule has 1 fully saturated rings. The summed E-state index contributed by atoms with van der Waals surface area (Å²) in [4.78, 5) is 6.83. The number of aryl methyl sites for hydroxylation is 1. The molecule has 1 saturated heterocycles. The monoisotopic (exact) mass is 406 g/mol. The van der Waals surface area contributed by atoms with Crippen LogP contribution in [0.5, 0.6) is 0 Å². The number of hydrogen-bond acceptors (Lipinski definition) is 8. The van der Waals surface area contributed by atoms with Crippen molar-refractivity contribution >= 4 is 35.6 Å². The second-order valence-electron chi connectivity index (χ2n) is 7.20. The lowest BCUT2D eigenvalue weighted by Gasteiger charge is -2.50. The van der Waals surface area contributed by atoms with Crippen LogP contribution in [0.4, 0.5) is 17.3 Å². The maximum Gasteiger partial charge on any atom is 0.247 e. The lowest BCUT2D eigenvalue weighted by atomic mass is 9.86. The van der Waals surface area contributed by atoms with E-state index >= 15 is 0 Å². The van der Waals surface area contributed by atoms with E-state index in [0.29, 0.717) is 30.5 Å². The molecule has 1 aliphatic heterocycles. The number of hydrogen-bond donors (Lipinski definition) is 3. The predicted molar refractivity (Wildman–Crippen MR) is 109 cm³/mol. The van der Waals surface area contributed by atoms with Crippen LogP contribution in [-0.2, 0) is 5.54 Å². The van der Waals surface area contributed by atoms with Crippen LogP contribution in [0, 0.1) is 18.3 Å². The number of nitrogens with zero attached hydrogens (tertiary/aromatic N) is 8. The number of nitriles is 1. The second-order valence-corrected chi connectivity index (χ2v) is 7.63. The normalized spacial score (nSPS) is 15.3. The van der Waals surface area contributed by atoms with Crippen LogP contribution in [0.25, 0.3) is 5.65 Å². The highest BCUT2D eigenvalue weighted by Crippen LogP contribution is 2.38. The number of aromatic nitrogens is 7. The predicted octanol–water partition coefficient (Wildman–Crippen LogP) is 2.12. The molecule has 5 heterocycles. The summed E-state index contributed by atoms with van der Waals surface area (Å²) in [5.74, 6) is 0.491. The Labute approximate surface area is 171 Å². The molecule has 4 aromatic heterocycles. The van der Waals surface area contributed by atoms with Crippen molar-refractivity contribution in [3.05, 3.63) is 42.5 Å². The first kappa shape index (κ1) is 17.6. The molecule has 0 saturated carbocycles. The lowest BCUT2D eigenvalue weighted by Crippen LogP contribution is -2.63. The molecule has 0 amide bonds. The number of thiol groups is 1. The van der Waals surface area contributed by atoms with Gasteiger partial charge in [-0.2, -0.15) is 20.4 Å². The van der Waals surface area contributed by atoms with E-state index in [1.54, 1.807) is 16.9 Å². The molecule has 0 aliphatic carbocycles. The van der Waals surface area contributed by atoms with Crippen molar-refractivity contribution in [1.82, 2.24) is 34.6 Å². The first-order valence-corrected chi connectivity index (χ1v) is 9.51. The molecule has 0 radical (unpaired) electrons. The van der Waals surface area contributed by atoms with Crippen LogP contribution in [0.15, 0.2) is 41.9 Å². The van der Waals surface area contributed by atoms with Crippen molar-refractivity contribution in [1.29, 1.82) is 5.26 Å². The van der Waals surface area contributed by atoms with Gasteiger partial charge in [0.15, 0.2) is 5.65 Å². The van der Waals surface area contributed by atoms with Crippen LogP contribution < -0.4 is 10.2 Å². The van der Waals surface area contributed by atoms with Gasteiger partial charge in [-0.25, -0.2) is 4.52 Å². The first-order chi connectivity index (χ1) is 14.1. The molecule has 4 aromatic rings. The van der Waals surface area contributed by atoms with E-state index in [4.69, 9.17) is 0 Å². The zero-order valence-electron chi connectivity index (χ0n) is 15.6. The van der Waals surface area contributed by atoms with Crippen molar-refractivity contribution in [3.8, 4) is 6.07 Å². The van der Waals surface area contributed by atoms with Crippen LogP contribution in [0.2, 0.25) is 0 Å². The van der Waals surface area contributed by atoms with Crippen LogP contribution in [-0.4, -0.2) is 47.7 Å². The Balaban J connectivity index is 1.44. The Kier molecular flexibility index (Phi) is 3.95. The van der Waals surface area contributed by atoms with Gasteiger partial charge in [0.2, 0.25) is 5.95 Å². The topological polar surface area (TPSA) is 116 Å². The molecular formula is C18H18N10S. The number of H-pyrrole nitrogens is 1. The first-order valence-electron chi connectivity index (χ1n) is 9.07. The van der Waals surface area contributed by atoms with E-state index in [0.717, 1.165) is 22.6 Å². The molecule has 0 bridgehead atoms. The number of rotatable bonds is 5. The smallest absolute Gasteiger partial charge is 0.247 e. The summed E-state index contributed by atoms with van der Waals surface area (Å²) in [7, 11) is 0. The second kappa shape index (κ2) is 6.52. The highest BCUT2D eigenvalue weighted by atomic mass is 32.1. The van der Waals surface area contributed by atoms with Gasteiger partial charge in [0.05, 0.1) is 30.1 Å². The standard InChI is InChI=1S/C18H18N10S/c1-12-9-28(24-16(12)29)18(4-5-19)10-26(11-18)14-3-2-6-27-15(14)23-17(25-27)22-13-7-20-21-8-13/h2-3,6-9H,4,10-11H2,1H3,(H,20,21)(H,22,25)(H,24,29). The van der Waals surface area contributed by atoms with Gasteiger partial charge in [0, 0.05) is 37.2 Å². The van der Waals surface area contributed by atoms with Crippen molar-refractivity contribution < 1.29 is 0 Å². The molecule has 0 atom stereocenters. The average molecular weight is 406 g/mol. The molecule has 1 aliphatic rings. The highest BCUT2D eigenvalue weighted by molar-refractivity contribution is 7.80. The Bertz CT molecular complexity index is 1190. The molecule has 146 valence electrons. The van der Waals surface area contributed by atoms with E-state index in [9.17, 15) is 5.26 Å². The minimum atomic E-state index is -0.370. The van der Waals surface area contributed by atoms with Gasteiger partial charge in [0.25, 0.3) is 0 Å². The van der Waals surface area contributed by atoms with Gasteiger partial charge in [0.1, 0.15) is 10.6 Å². The summed E-state index contributed by atoms with van der Waals surface area (Å²) in [6.07, 6.45) is 7.60. The average Bonchev–Trinajstić information content (AvgIpc) is 3.39. The molecule has 0 aromatic carbocycles. The molecule has 0 spiro atoms. The third-order valence-corrected chi connectivity index (χ3v) is 5.61. The van der Waals surface area contributed by atoms with E-state index < -0.39 is 0 Å². The Morgan fingerprint density at radius 3 is 2.93 bits per heavy atom. The molecule has 29 heavy (non-hydrogen) atoms. The quantitative estimate of drug-likeness (QED) is 0.435. The minimum Gasteiger partial charge on any atom is -0.363 e. The highest BCUT2D eigenvalue weighted by Gasteiger charge is 2.46. The van der Waals surface area contributed by atoms with Gasteiger partial charge >= 0.3 is 0 Å². The fourth-order valence-electron chi connectivity index (χ4n) is 3.65. The van der Waals surface area contributed by atoms with E-state index in [1.807, 2.05) is 36.1 Å². The molecule has 0 unspecified atom stereocenters. The van der Waals surface area contributed by atoms with Crippen molar-refractivity contribution in [2.75, 3.05) is 23.3 Å². The molecule has 5 rings (SSSR count). The van der Waals surface area contributed by atoms with Gasteiger partial charge < -0.3 is 10.2 Å². The zero-order valence-corrected chi connectivity index (χ0v) is 16.5. The fraction of sp³-hybridized carbons (Fsp3) is 0.278. The Morgan fingerprint density at radius 1 is 1.38 bits per heavy atom. The van der Waals surface area contributed by atoms with Gasteiger partial charge in [-0.15, -0.1) is 17.7 Å². The Hall–Kier alpha value is -3.52. The number of anilines is 3. The maximum atomic E-state index is 9.39. The van der Waals surface area contributed by atoms with E-state index in [-0.39, 0.29) is 5.54 Å². The number of fused-ring (bicyclic) bond motifs is 1. The molecule has 11 heteroatoms. The van der Waals surface area contributed by atoms with Crippen molar-refractivity contribution in [2.24, 2.45) is 0 Å². The van der Waals surface area contributed by atoms with E-state index in [2.05, 4.69) is 54.3 Å². The third kappa shape index (κ3) is 2.89. The van der Waals surface area contributed by atoms with E-state index in [1.165, 1.54) is 0 Å². The molecule has 10 nitrogen and oxygen atoms in total. The number of pyridine rings is 1. The summed E-state index contributed by atoms with van der Waals surface area (Å²) in [6, 6.07) is 6.26. The van der Waals surface area contributed by atoms with Crippen LogP contribution >= 0.6 is 12.6 Å². The number of aromatic amines is 1. The Morgan fingerprint density at radius 2 is 2.24 bits per heavy atom. The fourth-order valence-corrected chi connectivity index (χ4v) is 3.81. The lowest BCUT2D eigenvalue weighted by molar-refractivity contribution is 0.196. The van der Waals surface area contributed by atoms with Gasteiger partial charge in [-0.05, 0) is 19.1 Å². The summed E-state index contributed by atoms with van der Waals surface area (Å²) >= 11 is 4.40. The van der Waals surface area contributed by atoms with Crippen molar-refractivity contribution in [2.45, 2.75) is 23.9 Å². The number of nitrogens with one attached hydrogen (secondary N) is 2. The molecule has 2 N–H and O–H groups in total. The maximum absolute atomic E-state index is 9.39. The summed E-state index contributed by atoms with van der Waals surface area (Å²) in [5, 5.41) is 28.9. The summed E-state index contributed by atoms with van der Waals surface area (Å²) in [6.45, 7) is 3.28. The van der Waals surface area contributed by atoms with Crippen molar-refractivity contribution in [3.63, 3.8) is 0 Å². The SMILES string of the molecule is Cc1cn(C2(CC#N)CN(c3cccn4nc(Nc5cn[nH]c5)nc34)C2)nc1S. The van der Waals surface area contributed by atoms with Crippen LogP contribution in [0.3, 0.4) is 0 Å². The summed E-state index contributed by atoms with van der Waals surface area (Å²) in [5.41, 5.74) is 3.12. The zero-order chi connectivity index (χ0) is 20.0. The van der Waals surface area contributed by atoms with Crippen LogP contribution in [0.1, 0.15) is 12.0 Å².